The van der Waals surface area contributed by atoms with E-state index in [1.807, 2.05) is 0 Å². The first-order valence-electron chi connectivity index (χ1n) is 4.09. The van der Waals surface area contributed by atoms with E-state index in [0.717, 1.165) is 0 Å². The molecule has 0 aliphatic carbocycles. The summed E-state index contributed by atoms with van der Waals surface area (Å²) >= 11 is 3.00. The van der Waals surface area contributed by atoms with Gasteiger partial charge in [0.2, 0.25) is 0 Å². The van der Waals surface area contributed by atoms with Crippen LogP contribution in [0.25, 0.3) is 0 Å². The Morgan fingerprint density at radius 2 is 2.36 bits per heavy atom. The first kappa shape index (κ1) is 9.45. The normalized spacial score (nSPS) is 13.6. The third-order valence-electron chi connectivity index (χ3n) is 2.22. The average molecular weight is 260 g/mol. The summed E-state index contributed by atoms with van der Waals surface area (Å²) in [4.78, 5) is 10.8. The van der Waals surface area contributed by atoms with Crippen molar-refractivity contribution >= 4 is 27.6 Å². The van der Waals surface area contributed by atoms with Crippen LogP contribution in [-0.2, 0) is 6.42 Å². The van der Waals surface area contributed by atoms with Crippen LogP contribution in [0.1, 0.15) is 15.9 Å². The molecule has 2 N–H and O–H groups in total. The molecule has 1 heterocycles. The number of hydrogen-bond acceptors (Lipinski definition) is 2. The molecule has 1 aromatic rings. The number of aromatic carboxylic acids is 1. The zero-order valence-corrected chi connectivity index (χ0v) is 8.69. The smallest absolute Gasteiger partial charge is 0.337 e. The molecular formula is C9H7BrFNO2. The zero-order valence-electron chi connectivity index (χ0n) is 7.10. The molecule has 1 aliphatic heterocycles. The van der Waals surface area contributed by atoms with Crippen molar-refractivity contribution in [1.82, 2.24) is 0 Å². The first-order valence-corrected chi connectivity index (χ1v) is 4.88. The largest absolute Gasteiger partial charge is 0.478 e. The van der Waals surface area contributed by atoms with Crippen LogP contribution in [0.15, 0.2) is 10.5 Å². The minimum Gasteiger partial charge on any atom is -0.478 e. The van der Waals surface area contributed by atoms with Crippen LogP contribution >= 0.6 is 15.9 Å². The Bertz CT molecular complexity index is 420. The third kappa shape index (κ3) is 1.28. The second-order valence-electron chi connectivity index (χ2n) is 3.06. The molecule has 0 unspecified atom stereocenters. The molecule has 0 radical (unpaired) electrons. The maximum absolute atomic E-state index is 13.5. The molecule has 3 nitrogen and oxygen atoms in total. The van der Waals surface area contributed by atoms with Gasteiger partial charge in [-0.25, -0.2) is 9.18 Å². The molecular weight excluding hydrogens is 253 g/mol. The van der Waals surface area contributed by atoms with Crippen molar-refractivity contribution in [3.63, 3.8) is 0 Å². The van der Waals surface area contributed by atoms with Crippen molar-refractivity contribution in [3.8, 4) is 0 Å². The lowest BCUT2D eigenvalue weighted by Crippen LogP contribution is -2.03. The van der Waals surface area contributed by atoms with Gasteiger partial charge in [-0.05, 0) is 28.4 Å². The fourth-order valence-corrected chi connectivity index (χ4v) is 2.06. The van der Waals surface area contributed by atoms with Crippen molar-refractivity contribution in [1.29, 1.82) is 0 Å². The monoisotopic (exact) mass is 259 g/mol. The second-order valence-corrected chi connectivity index (χ2v) is 3.91. The Morgan fingerprint density at radius 1 is 1.64 bits per heavy atom. The van der Waals surface area contributed by atoms with Gasteiger partial charge in [-0.1, -0.05) is 0 Å². The molecule has 0 atom stereocenters. The lowest BCUT2D eigenvalue weighted by atomic mass is 10.1. The first-order chi connectivity index (χ1) is 6.61. The van der Waals surface area contributed by atoms with Crippen molar-refractivity contribution < 1.29 is 14.3 Å². The molecule has 0 saturated carbocycles. The van der Waals surface area contributed by atoms with Crippen molar-refractivity contribution in [3.05, 3.63) is 27.5 Å². The van der Waals surface area contributed by atoms with Gasteiger partial charge in [0.05, 0.1) is 15.7 Å². The van der Waals surface area contributed by atoms with E-state index in [1.54, 1.807) is 0 Å². The van der Waals surface area contributed by atoms with E-state index < -0.39 is 5.97 Å². The molecule has 74 valence electrons. The average Bonchev–Trinajstić information content (AvgIpc) is 2.59. The number of benzene rings is 1. The standard InChI is InChI=1S/C9H7BrFNO2/c10-6-3-5(9(13)14)8-4(7(6)11)1-2-12-8/h3,12H,1-2H2,(H,13,14). The van der Waals surface area contributed by atoms with E-state index in [2.05, 4.69) is 21.2 Å². The van der Waals surface area contributed by atoms with Crippen LogP contribution in [-0.4, -0.2) is 17.6 Å². The van der Waals surface area contributed by atoms with Gasteiger partial charge in [-0.3, -0.25) is 0 Å². The highest BCUT2D eigenvalue weighted by molar-refractivity contribution is 9.10. The van der Waals surface area contributed by atoms with Gasteiger partial charge in [-0.2, -0.15) is 0 Å². The molecule has 0 amide bonds. The zero-order chi connectivity index (χ0) is 10.3. The summed E-state index contributed by atoms with van der Waals surface area (Å²) in [6.07, 6.45) is 0.529. The number of fused-ring (bicyclic) bond motifs is 1. The summed E-state index contributed by atoms with van der Waals surface area (Å²) in [6.45, 7) is 0.586. The molecule has 2 rings (SSSR count). The van der Waals surface area contributed by atoms with Gasteiger partial charge in [0, 0.05) is 12.1 Å². The Hall–Kier alpha value is -1.10. The second kappa shape index (κ2) is 3.24. The quantitative estimate of drug-likeness (QED) is 0.814. The minimum atomic E-state index is -1.05. The SMILES string of the molecule is O=C(O)c1cc(Br)c(F)c2c1NCC2. The summed E-state index contributed by atoms with van der Waals surface area (Å²) in [6, 6.07) is 1.29. The predicted molar refractivity (Wildman–Crippen MR) is 53.3 cm³/mol. The van der Waals surface area contributed by atoms with Crippen LogP contribution in [0.2, 0.25) is 0 Å². The highest BCUT2D eigenvalue weighted by Gasteiger charge is 2.23. The Kier molecular flexibility index (Phi) is 2.19. The molecule has 14 heavy (non-hydrogen) atoms. The fraction of sp³-hybridized carbons (Fsp3) is 0.222. The van der Waals surface area contributed by atoms with Gasteiger partial charge in [0.25, 0.3) is 0 Å². The lowest BCUT2D eigenvalue weighted by Gasteiger charge is -2.07. The summed E-state index contributed by atoms with van der Waals surface area (Å²) in [7, 11) is 0. The van der Waals surface area contributed by atoms with E-state index in [-0.39, 0.29) is 15.9 Å². The van der Waals surface area contributed by atoms with E-state index in [0.29, 0.717) is 24.2 Å². The number of halogens is 2. The van der Waals surface area contributed by atoms with E-state index >= 15 is 0 Å². The van der Waals surface area contributed by atoms with E-state index in [9.17, 15) is 9.18 Å². The molecule has 0 saturated heterocycles. The Morgan fingerprint density at radius 3 is 3.00 bits per heavy atom. The van der Waals surface area contributed by atoms with Crippen LogP contribution < -0.4 is 5.32 Å². The van der Waals surface area contributed by atoms with Crippen LogP contribution in [0.4, 0.5) is 10.1 Å². The van der Waals surface area contributed by atoms with Crippen molar-refractivity contribution in [2.75, 3.05) is 11.9 Å². The Labute approximate surface area is 88.1 Å². The predicted octanol–water partition coefficient (Wildman–Crippen LogP) is 2.25. The minimum absolute atomic E-state index is 0.116. The summed E-state index contributed by atoms with van der Waals surface area (Å²) in [5, 5.41) is 11.8. The molecule has 0 bridgehead atoms. The maximum Gasteiger partial charge on any atom is 0.337 e. The summed E-state index contributed by atoms with van der Waals surface area (Å²) in [5.74, 6) is -1.41. The van der Waals surface area contributed by atoms with E-state index in [1.165, 1.54) is 6.07 Å². The number of carboxylic acid groups (broad SMARTS) is 1. The van der Waals surface area contributed by atoms with E-state index in [4.69, 9.17) is 5.11 Å². The molecule has 5 heteroatoms. The van der Waals surface area contributed by atoms with Gasteiger partial charge in [0.1, 0.15) is 5.82 Å². The summed E-state index contributed by atoms with van der Waals surface area (Å²) in [5.41, 5.74) is 0.987. The number of anilines is 1. The van der Waals surface area contributed by atoms with Gasteiger partial charge in [0.15, 0.2) is 0 Å². The summed E-state index contributed by atoms with van der Waals surface area (Å²) < 4.78 is 13.7. The molecule has 0 fully saturated rings. The van der Waals surface area contributed by atoms with Crippen molar-refractivity contribution in [2.24, 2.45) is 0 Å². The molecule has 1 aliphatic rings. The molecule has 0 aromatic heterocycles. The lowest BCUT2D eigenvalue weighted by molar-refractivity contribution is 0.0698. The highest BCUT2D eigenvalue weighted by atomic mass is 79.9. The number of rotatable bonds is 1. The third-order valence-corrected chi connectivity index (χ3v) is 2.80. The number of carbonyl (C=O) groups is 1. The van der Waals surface area contributed by atoms with Gasteiger partial charge < -0.3 is 10.4 Å². The number of hydrogen-bond donors (Lipinski definition) is 2. The van der Waals surface area contributed by atoms with Crippen molar-refractivity contribution in [2.45, 2.75) is 6.42 Å². The van der Waals surface area contributed by atoms with Crippen LogP contribution in [0.5, 0.6) is 0 Å². The number of carboxylic acids is 1. The van der Waals surface area contributed by atoms with Crippen LogP contribution in [0, 0.1) is 5.82 Å². The van der Waals surface area contributed by atoms with Gasteiger partial charge >= 0.3 is 5.97 Å². The molecule has 1 aromatic carbocycles. The molecule has 0 spiro atoms. The number of nitrogens with one attached hydrogen (secondary N) is 1. The Balaban J connectivity index is 2.70. The topological polar surface area (TPSA) is 49.3 Å². The van der Waals surface area contributed by atoms with Crippen LogP contribution in [0.3, 0.4) is 0 Å². The maximum atomic E-state index is 13.5. The fourth-order valence-electron chi connectivity index (χ4n) is 1.60. The highest BCUT2D eigenvalue weighted by Crippen LogP contribution is 2.33. The van der Waals surface area contributed by atoms with Gasteiger partial charge in [-0.15, -0.1) is 0 Å².